The third kappa shape index (κ3) is 2.27. The third-order valence-corrected chi connectivity index (χ3v) is 2.55. The number of allylic oxidation sites excluding steroid dienone is 3. The number of likely N-dealkylation sites (N-methyl/N-ethyl adjacent to an activating group) is 1. The fraction of sp³-hybridized carbons (Fsp3) is 0.231. The van der Waals surface area contributed by atoms with Crippen LogP contribution in [0.1, 0.15) is 5.56 Å². The lowest BCUT2D eigenvalue weighted by molar-refractivity contribution is 0.443. The maximum Gasteiger partial charge on any atom is 0.126 e. The fourth-order valence-electron chi connectivity index (χ4n) is 1.60. The minimum absolute atomic E-state index is 0.138. The summed E-state index contributed by atoms with van der Waals surface area (Å²) < 4.78 is 13.4. The first-order chi connectivity index (χ1) is 7.27. The molecule has 1 aliphatic rings. The molecule has 0 fully saturated rings. The quantitative estimate of drug-likeness (QED) is 0.712. The molecule has 1 radical (unpaired) electrons. The largest absolute Gasteiger partial charge is 0.374 e. The summed E-state index contributed by atoms with van der Waals surface area (Å²) in [5.74, 6) is -0.138. The first-order valence-electron chi connectivity index (χ1n) is 4.98. The fourth-order valence-corrected chi connectivity index (χ4v) is 1.60. The van der Waals surface area contributed by atoms with Crippen LogP contribution in [0.5, 0.6) is 0 Å². The topological polar surface area (TPSA) is 3.24 Å². The zero-order valence-corrected chi connectivity index (χ0v) is 8.70. The highest BCUT2D eigenvalue weighted by atomic mass is 19.1. The number of nitrogens with zero attached hydrogens (tertiary/aromatic N) is 1. The van der Waals surface area contributed by atoms with Crippen molar-refractivity contribution < 1.29 is 4.39 Å². The van der Waals surface area contributed by atoms with Gasteiger partial charge in [0.25, 0.3) is 0 Å². The van der Waals surface area contributed by atoms with Gasteiger partial charge in [0.15, 0.2) is 0 Å². The Morgan fingerprint density at radius 3 is 2.93 bits per heavy atom. The van der Waals surface area contributed by atoms with Gasteiger partial charge in [0.1, 0.15) is 5.82 Å². The summed E-state index contributed by atoms with van der Waals surface area (Å²) in [5.41, 5.74) is 1.84. The lowest BCUT2D eigenvalue weighted by atomic mass is 10.1. The van der Waals surface area contributed by atoms with Gasteiger partial charge in [0.2, 0.25) is 0 Å². The summed E-state index contributed by atoms with van der Waals surface area (Å²) >= 11 is 0. The molecule has 1 heterocycles. The highest BCUT2D eigenvalue weighted by Gasteiger charge is 2.09. The highest BCUT2D eigenvalue weighted by Crippen LogP contribution is 2.16. The van der Waals surface area contributed by atoms with E-state index < -0.39 is 0 Å². The average molecular weight is 202 g/mol. The Balaban J connectivity index is 2.18. The van der Waals surface area contributed by atoms with E-state index >= 15 is 0 Å². The Labute approximate surface area is 89.5 Å². The second-order valence-corrected chi connectivity index (χ2v) is 3.66. The summed E-state index contributed by atoms with van der Waals surface area (Å²) in [5, 5.41) is 0. The molecule has 0 atom stereocenters. The smallest absolute Gasteiger partial charge is 0.126 e. The standard InChI is InChI=1S/C13H13FN/c1-15-9-5-4-7-12(15)10-11-6-2-3-8-13(11)14/h2-3,5-8H,9-10H2,1H3. The predicted octanol–water partition coefficient (Wildman–Crippen LogP) is 2.56. The molecule has 1 aromatic rings. The maximum atomic E-state index is 13.4. The van der Waals surface area contributed by atoms with Gasteiger partial charge in [-0.1, -0.05) is 24.3 Å². The molecule has 15 heavy (non-hydrogen) atoms. The van der Waals surface area contributed by atoms with Crippen molar-refractivity contribution in [3.05, 3.63) is 59.6 Å². The molecular formula is C13H13FN. The van der Waals surface area contributed by atoms with E-state index in [1.54, 1.807) is 6.07 Å². The van der Waals surface area contributed by atoms with Gasteiger partial charge in [-0.05, 0) is 23.8 Å². The average Bonchev–Trinajstić information content (AvgIpc) is 2.24. The van der Waals surface area contributed by atoms with E-state index in [1.165, 1.54) is 6.07 Å². The summed E-state index contributed by atoms with van der Waals surface area (Å²) in [6.07, 6.45) is 7.56. The Bertz CT molecular complexity index is 407. The number of rotatable bonds is 2. The van der Waals surface area contributed by atoms with Crippen LogP contribution in [0.4, 0.5) is 4.39 Å². The van der Waals surface area contributed by atoms with Crippen molar-refractivity contribution in [1.29, 1.82) is 0 Å². The number of benzene rings is 1. The van der Waals surface area contributed by atoms with E-state index in [0.29, 0.717) is 6.42 Å². The van der Waals surface area contributed by atoms with Gasteiger partial charge < -0.3 is 4.90 Å². The molecule has 0 unspecified atom stereocenters. The molecule has 0 bridgehead atoms. The molecule has 2 rings (SSSR count). The number of halogens is 1. The van der Waals surface area contributed by atoms with Crippen LogP contribution < -0.4 is 0 Å². The van der Waals surface area contributed by atoms with Gasteiger partial charge in [-0.3, -0.25) is 0 Å². The van der Waals surface area contributed by atoms with Crippen LogP contribution in [0, 0.1) is 11.9 Å². The lowest BCUT2D eigenvalue weighted by Gasteiger charge is -2.23. The van der Waals surface area contributed by atoms with Crippen molar-refractivity contribution in [3.8, 4) is 0 Å². The van der Waals surface area contributed by atoms with Crippen molar-refractivity contribution >= 4 is 0 Å². The normalized spacial score (nSPS) is 15.3. The summed E-state index contributed by atoms with van der Waals surface area (Å²) in [6, 6.07) is 6.89. The predicted molar refractivity (Wildman–Crippen MR) is 58.6 cm³/mol. The molecule has 0 aliphatic carbocycles. The van der Waals surface area contributed by atoms with Crippen LogP contribution in [0.15, 0.2) is 42.1 Å². The summed E-state index contributed by atoms with van der Waals surface area (Å²) in [7, 11) is 2.00. The van der Waals surface area contributed by atoms with Crippen LogP contribution in [0.3, 0.4) is 0 Å². The van der Waals surface area contributed by atoms with Gasteiger partial charge in [-0.25, -0.2) is 4.39 Å². The Hall–Kier alpha value is -1.57. The van der Waals surface area contributed by atoms with E-state index in [-0.39, 0.29) is 5.82 Å². The van der Waals surface area contributed by atoms with Gasteiger partial charge in [-0.15, -0.1) is 0 Å². The molecule has 0 saturated carbocycles. The van der Waals surface area contributed by atoms with E-state index in [2.05, 4.69) is 11.0 Å². The minimum atomic E-state index is -0.138. The molecular weight excluding hydrogens is 189 g/mol. The van der Waals surface area contributed by atoms with Crippen LogP contribution in [-0.4, -0.2) is 18.5 Å². The molecule has 1 nitrogen and oxygen atoms in total. The first-order valence-corrected chi connectivity index (χ1v) is 4.98. The molecule has 2 heteroatoms. The van der Waals surface area contributed by atoms with Gasteiger partial charge >= 0.3 is 0 Å². The molecule has 1 aromatic carbocycles. The second-order valence-electron chi connectivity index (χ2n) is 3.66. The van der Waals surface area contributed by atoms with Gasteiger partial charge in [0, 0.05) is 25.7 Å². The zero-order valence-electron chi connectivity index (χ0n) is 8.70. The molecule has 0 aromatic heterocycles. The molecule has 77 valence electrons. The molecule has 0 N–H and O–H groups in total. The van der Waals surface area contributed by atoms with Crippen LogP contribution in [0.2, 0.25) is 0 Å². The van der Waals surface area contributed by atoms with Crippen LogP contribution in [-0.2, 0) is 6.42 Å². The third-order valence-electron chi connectivity index (χ3n) is 2.55. The Morgan fingerprint density at radius 1 is 1.40 bits per heavy atom. The zero-order chi connectivity index (χ0) is 10.7. The number of hydrogen-bond donors (Lipinski definition) is 0. The van der Waals surface area contributed by atoms with Crippen molar-refractivity contribution in [2.45, 2.75) is 6.42 Å². The van der Waals surface area contributed by atoms with E-state index in [1.807, 2.05) is 31.3 Å². The highest BCUT2D eigenvalue weighted by molar-refractivity contribution is 5.25. The van der Waals surface area contributed by atoms with Gasteiger partial charge in [0.05, 0.1) is 0 Å². The van der Waals surface area contributed by atoms with Crippen molar-refractivity contribution in [3.63, 3.8) is 0 Å². The monoisotopic (exact) mass is 202 g/mol. The van der Waals surface area contributed by atoms with Crippen molar-refractivity contribution in [2.75, 3.05) is 13.6 Å². The van der Waals surface area contributed by atoms with E-state index in [4.69, 9.17) is 0 Å². The maximum absolute atomic E-state index is 13.4. The minimum Gasteiger partial charge on any atom is -0.374 e. The SMILES string of the molecule is CN1CC=[C]C=C1Cc1ccccc1F. The van der Waals surface area contributed by atoms with Gasteiger partial charge in [-0.2, -0.15) is 0 Å². The summed E-state index contributed by atoms with van der Waals surface area (Å²) in [4.78, 5) is 2.10. The molecule has 1 aliphatic heterocycles. The number of hydrogen-bond acceptors (Lipinski definition) is 1. The van der Waals surface area contributed by atoms with Crippen molar-refractivity contribution in [1.82, 2.24) is 4.90 Å². The van der Waals surface area contributed by atoms with Crippen LogP contribution in [0.25, 0.3) is 0 Å². The lowest BCUT2D eigenvalue weighted by Crippen LogP contribution is -2.21. The molecule has 0 amide bonds. The Morgan fingerprint density at radius 2 is 2.20 bits per heavy atom. The summed E-state index contributed by atoms with van der Waals surface area (Å²) in [6.45, 7) is 0.848. The van der Waals surface area contributed by atoms with Crippen molar-refractivity contribution in [2.24, 2.45) is 0 Å². The molecule has 0 saturated heterocycles. The Kier molecular flexibility index (Phi) is 2.86. The second kappa shape index (κ2) is 4.30. The first kappa shape index (κ1) is 9.97. The van der Waals surface area contributed by atoms with Crippen LogP contribution >= 0.6 is 0 Å². The van der Waals surface area contributed by atoms with E-state index in [0.717, 1.165) is 17.8 Å². The molecule has 0 spiro atoms. The van der Waals surface area contributed by atoms with E-state index in [9.17, 15) is 4.39 Å².